The van der Waals surface area contributed by atoms with Crippen LogP contribution in [0.2, 0.25) is 0 Å². The van der Waals surface area contributed by atoms with Gasteiger partial charge in [0.25, 0.3) is 0 Å². The van der Waals surface area contributed by atoms with Crippen molar-refractivity contribution in [3.63, 3.8) is 0 Å². The first-order valence-corrected chi connectivity index (χ1v) is 14.4. The lowest BCUT2D eigenvalue weighted by molar-refractivity contribution is -0.137. The molecule has 12 heteroatoms. The second-order valence-electron chi connectivity index (χ2n) is 12.1. The van der Waals surface area contributed by atoms with E-state index in [0.717, 1.165) is 50.6 Å². The number of hydrogen-bond donors (Lipinski definition) is 4. The molecule has 41 heavy (non-hydrogen) atoms. The van der Waals surface area contributed by atoms with Crippen LogP contribution in [-0.2, 0) is 17.6 Å². The van der Waals surface area contributed by atoms with Gasteiger partial charge in [0.05, 0.1) is 11.2 Å². The number of anilines is 1. The molecule has 1 aromatic heterocycles. The highest BCUT2D eigenvalue weighted by atomic mass is 35.5. The van der Waals surface area contributed by atoms with E-state index in [1.54, 1.807) is 35.9 Å². The molecule has 3 amide bonds. The van der Waals surface area contributed by atoms with E-state index in [1.165, 1.54) is 15.7 Å². The summed E-state index contributed by atoms with van der Waals surface area (Å²) in [7, 11) is 0. The lowest BCUT2D eigenvalue weighted by atomic mass is 9.85. The number of halogens is 1. The number of aromatic nitrogens is 2. The summed E-state index contributed by atoms with van der Waals surface area (Å²) in [5, 5.41) is 6.57. The molecule has 1 aliphatic heterocycles. The van der Waals surface area contributed by atoms with Crippen molar-refractivity contribution >= 4 is 30.2 Å². The van der Waals surface area contributed by atoms with Crippen molar-refractivity contribution in [3.05, 3.63) is 52.1 Å². The molecule has 2 heterocycles. The molecule has 1 atom stereocenters. The molecule has 3 aliphatic rings. The topological polar surface area (TPSA) is 152 Å². The molecular formula is C29H43ClN8O3. The van der Waals surface area contributed by atoms with Gasteiger partial charge in [-0.05, 0) is 88.1 Å². The quantitative estimate of drug-likeness (QED) is 0.417. The molecule has 0 radical (unpaired) electrons. The summed E-state index contributed by atoms with van der Waals surface area (Å²) in [4.78, 5) is 45.4. The molecule has 1 saturated heterocycles. The molecule has 1 unspecified atom stereocenters. The van der Waals surface area contributed by atoms with Crippen LogP contribution in [0.1, 0.15) is 57.1 Å². The van der Waals surface area contributed by atoms with E-state index in [1.807, 2.05) is 6.07 Å². The number of nitrogens with zero attached hydrogens (tertiary/aromatic N) is 4. The summed E-state index contributed by atoms with van der Waals surface area (Å²) in [5.74, 6) is 0.0601. The Labute approximate surface area is 247 Å². The fourth-order valence-corrected chi connectivity index (χ4v) is 6.03. The SMILES string of the molecule is CC(C)(N)C(=O)N1CCN(C(=O)Nc2ccn(-c3ccc4c(c3)CCC(NC3CCC(N)CC3)C4)c(=O)n2)CC1.Cl. The number of nitrogens with two attached hydrogens (primary N) is 2. The van der Waals surface area contributed by atoms with Gasteiger partial charge in [0, 0.05) is 50.5 Å². The molecule has 224 valence electrons. The maximum Gasteiger partial charge on any atom is 0.354 e. The first kappa shape index (κ1) is 31.0. The Morgan fingerprint density at radius 3 is 2.29 bits per heavy atom. The van der Waals surface area contributed by atoms with Crippen molar-refractivity contribution in [2.45, 2.75) is 82.5 Å². The Morgan fingerprint density at radius 1 is 0.951 bits per heavy atom. The van der Waals surface area contributed by atoms with Crippen molar-refractivity contribution in [1.82, 2.24) is 24.7 Å². The van der Waals surface area contributed by atoms with Crippen molar-refractivity contribution in [2.75, 3.05) is 31.5 Å². The van der Waals surface area contributed by atoms with Gasteiger partial charge in [0.2, 0.25) is 5.91 Å². The molecule has 1 saturated carbocycles. The predicted octanol–water partition coefficient (Wildman–Crippen LogP) is 1.78. The third-order valence-electron chi connectivity index (χ3n) is 8.38. The zero-order valence-corrected chi connectivity index (χ0v) is 24.8. The van der Waals surface area contributed by atoms with E-state index >= 15 is 0 Å². The Hall–Kier alpha value is -2.99. The van der Waals surface area contributed by atoms with Crippen molar-refractivity contribution in [3.8, 4) is 5.69 Å². The monoisotopic (exact) mass is 586 g/mol. The number of amides is 3. The number of urea groups is 1. The molecular weight excluding hydrogens is 544 g/mol. The molecule has 0 bridgehead atoms. The van der Waals surface area contributed by atoms with Crippen LogP contribution < -0.4 is 27.8 Å². The van der Waals surface area contributed by atoms with Crippen molar-refractivity contribution < 1.29 is 9.59 Å². The number of carbonyl (C=O) groups is 2. The average Bonchev–Trinajstić information content (AvgIpc) is 2.93. The molecule has 2 aromatic rings. The number of benzene rings is 1. The summed E-state index contributed by atoms with van der Waals surface area (Å²) in [6.45, 7) is 4.93. The van der Waals surface area contributed by atoms with Crippen LogP contribution in [0, 0.1) is 0 Å². The predicted molar refractivity (Wildman–Crippen MR) is 162 cm³/mol. The van der Waals surface area contributed by atoms with Crippen molar-refractivity contribution in [1.29, 1.82) is 0 Å². The highest BCUT2D eigenvalue weighted by Gasteiger charge is 2.31. The normalized spacial score (nSPS) is 22.9. The minimum Gasteiger partial charge on any atom is -0.338 e. The minimum absolute atomic E-state index is 0. The van der Waals surface area contributed by atoms with Crippen LogP contribution in [0.5, 0.6) is 0 Å². The minimum atomic E-state index is -0.944. The van der Waals surface area contributed by atoms with Gasteiger partial charge in [-0.15, -0.1) is 12.4 Å². The fourth-order valence-electron chi connectivity index (χ4n) is 6.03. The second-order valence-corrected chi connectivity index (χ2v) is 12.1. The zero-order chi connectivity index (χ0) is 28.4. The molecule has 2 fully saturated rings. The molecule has 2 aliphatic carbocycles. The van der Waals surface area contributed by atoms with Crippen LogP contribution >= 0.6 is 12.4 Å². The average molecular weight is 587 g/mol. The Morgan fingerprint density at radius 2 is 1.63 bits per heavy atom. The largest absolute Gasteiger partial charge is 0.354 e. The van der Waals surface area contributed by atoms with Gasteiger partial charge >= 0.3 is 11.7 Å². The smallest absolute Gasteiger partial charge is 0.338 e. The van der Waals surface area contributed by atoms with Crippen LogP contribution in [0.25, 0.3) is 5.69 Å². The summed E-state index contributed by atoms with van der Waals surface area (Å²) in [6.07, 6.45) is 9.18. The lowest BCUT2D eigenvalue weighted by Crippen LogP contribution is -2.58. The summed E-state index contributed by atoms with van der Waals surface area (Å²) in [6, 6.07) is 8.83. The number of carbonyl (C=O) groups excluding carboxylic acids is 2. The number of fused-ring (bicyclic) bond motifs is 1. The first-order chi connectivity index (χ1) is 19.1. The Balaban J connectivity index is 0.00000387. The van der Waals surface area contributed by atoms with Crippen molar-refractivity contribution in [2.24, 2.45) is 11.5 Å². The highest BCUT2D eigenvalue weighted by Crippen LogP contribution is 2.26. The van der Waals surface area contributed by atoms with Gasteiger partial charge in [-0.25, -0.2) is 9.59 Å². The van der Waals surface area contributed by atoms with Gasteiger partial charge in [0.15, 0.2) is 0 Å². The van der Waals surface area contributed by atoms with Gasteiger partial charge in [0.1, 0.15) is 5.82 Å². The maximum atomic E-state index is 12.9. The molecule has 5 rings (SSSR count). The third kappa shape index (κ3) is 7.45. The standard InChI is InChI=1S/C29H42N8O3.ClH/c1-29(2,31)26(38)35-13-15-36(16-14-35)27(39)33-25-11-12-37(28(40)34-25)24-10-4-19-17-23(7-3-20(19)18-24)32-22-8-5-21(30)6-9-22;/h4,10-12,18,21-23,32H,3,5-9,13-17,30-31H2,1-2H3,(H,33,34,39,40);1H. The molecule has 11 nitrogen and oxygen atoms in total. The van der Waals surface area contributed by atoms with E-state index < -0.39 is 11.2 Å². The molecule has 1 aromatic carbocycles. The fraction of sp³-hybridized carbons (Fsp3) is 0.586. The number of aryl methyl sites for hydroxylation is 1. The Bertz CT molecular complexity index is 1290. The first-order valence-electron chi connectivity index (χ1n) is 14.4. The van der Waals surface area contributed by atoms with Crippen LogP contribution in [0.15, 0.2) is 35.3 Å². The maximum absolute atomic E-state index is 12.9. The van der Waals surface area contributed by atoms with Crippen LogP contribution in [-0.4, -0.2) is 81.1 Å². The molecule has 6 N–H and O–H groups in total. The van der Waals surface area contributed by atoms with Gasteiger partial charge < -0.3 is 26.6 Å². The van der Waals surface area contributed by atoms with E-state index in [0.29, 0.717) is 44.3 Å². The zero-order valence-electron chi connectivity index (χ0n) is 24.0. The number of nitrogens with one attached hydrogen (secondary N) is 2. The van der Waals surface area contributed by atoms with E-state index in [2.05, 4.69) is 27.8 Å². The number of hydrogen-bond acceptors (Lipinski definition) is 7. The Kier molecular flexibility index (Phi) is 9.73. The summed E-state index contributed by atoms with van der Waals surface area (Å²) in [5.41, 5.74) is 13.9. The van der Waals surface area contributed by atoms with E-state index in [4.69, 9.17) is 11.5 Å². The van der Waals surface area contributed by atoms with E-state index in [9.17, 15) is 14.4 Å². The lowest BCUT2D eigenvalue weighted by Gasteiger charge is -2.37. The van der Waals surface area contributed by atoms with Crippen LogP contribution in [0.3, 0.4) is 0 Å². The van der Waals surface area contributed by atoms with Gasteiger partial charge in [-0.2, -0.15) is 4.98 Å². The highest BCUT2D eigenvalue weighted by molar-refractivity contribution is 5.89. The van der Waals surface area contributed by atoms with Gasteiger partial charge in [-0.3, -0.25) is 14.7 Å². The number of piperazine rings is 1. The third-order valence-corrected chi connectivity index (χ3v) is 8.38. The van der Waals surface area contributed by atoms with Crippen LogP contribution in [0.4, 0.5) is 10.6 Å². The summed E-state index contributed by atoms with van der Waals surface area (Å²) >= 11 is 0. The van der Waals surface area contributed by atoms with E-state index in [-0.39, 0.29) is 30.2 Å². The second kappa shape index (κ2) is 12.9. The van der Waals surface area contributed by atoms with Gasteiger partial charge in [-0.1, -0.05) is 6.07 Å². The number of rotatable bonds is 5. The summed E-state index contributed by atoms with van der Waals surface area (Å²) < 4.78 is 1.50. The molecule has 0 spiro atoms.